The summed E-state index contributed by atoms with van der Waals surface area (Å²) in [6.07, 6.45) is 3.32. The van der Waals surface area contributed by atoms with Crippen LogP contribution >= 0.6 is 20.8 Å². The van der Waals surface area contributed by atoms with Crippen LogP contribution < -0.4 is 10.6 Å². The number of carbonyl (C=O) groups is 2. The largest absolute Gasteiger partial charge is 0.349 e. The predicted molar refractivity (Wildman–Crippen MR) is 194 cm³/mol. The topological polar surface area (TPSA) is 58.2 Å². The number of rotatable bonds is 10. The SMILES string of the molecule is CC(C)C=O.CC(Cc1cccc(C#CCCc2ccccc2)c1)NC(=O)c1ccc(F)c(Cl)c1.CCNC(P)c1ccccc1. The van der Waals surface area contributed by atoms with Gasteiger partial charge in [0.1, 0.15) is 12.1 Å². The van der Waals surface area contributed by atoms with Gasteiger partial charge in [0, 0.05) is 35.3 Å². The Morgan fingerprint density at radius 3 is 2.15 bits per heavy atom. The van der Waals surface area contributed by atoms with Gasteiger partial charge in [-0.2, -0.15) is 0 Å². The molecule has 0 heterocycles. The number of hydrogen-bond donors (Lipinski definition) is 2. The van der Waals surface area contributed by atoms with Gasteiger partial charge >= 0.3 is 0 Å². The zero-order valence-corrected chi connectivity index (χ0v) is 29.0. The van der Waals surface area contributed by atoms with Crippen molar-refractivity contribution in [3.05, 3.63) is 142 Å². The Morgan fingerprint density at radius 2 is 1.54 bits per heavy atom. The fourth-order valence-corrected chi connectivity index (χ4v) is 4.78. The third-order valence-corrected chi connectivity index (χ3v) is 7.41. The van der Waals surface area contributed by atoms with Crippen molar-refractivity contribution in [3.8, 4) is 11.8 Å². The number of carbonyl (C=O) groups excluding carboxylic acids is 2. The van der Waals surface area contributed by atoms with Crippen LogP contribution in [0.5, 0.6) is 0 Å². The molecule has 0 saturated heterocycles. The molecule has 1 amide bonds. The summed E-state index contributed by atoms with van der Waals surface area (Å²) in [5, 5.41) is 6.19. The highest BCUT2D eigenvalue weighted by atomic mass is 35.5. The van der Waals surface area contributed by atoms with Crippen LogP contribution in [0.4, 0.5) is 4.39 Å². The van der Waals surface area contributed by atoms with Crippen molar-refractivity contribution in [1.82, 2.24) is 10.6 Å². The summed E-state index contributed by atoms with van der Waals surface area (Å²) in [6, 6.07) is 32.6. The summed E-state index contributed by atoms with van der Waals surface area (Å²) < 4.78 is 13.3. The van der Waals surface area contributed by atoms with Crippen molar-refractivity contribution in [1.29, 1.82) is 0 Å². The summed E-state index contributed by atoms with van der Waals surface area (Å²) in [6.45, 7) is 8.75. The van der Waals surface area contributed by atoms with Gasteiger partial charge in [-0.25, -0.2) is 4.39 Å². The van der Waals surface area contributed by atoms with E-state index in [1.165, 1.54) is 29.3 Å². The minimum atomic E-state index is -0.539. The van der Waals surface area contributed by atoms with E-state index in [9.17, 15) is 14.0 Å². The van der Waals surface area contributed by atoms with Crippen LogP contribution in [0.15, 0.2) is 103 Å². The molecule has 0 aliphatic heterocycles. The monoisotopic (exact) mass is 658 g/mol. The summed E-state index contributed by atoms with van der Waals surface area (Å²) in [4.78, 5) is 21.9. The van der Waals surface area contributed by atoms with Gasteiger partial charge in [0.05, 0.1) is 5.02 Å². The minimum Gasteiger partial charge on any atom is -0.349 e. The molecule has 2 N–H and O–H groups in total. The average molecular weight is 659 g/mol. The van der Waals surface area contributed by atoms with E-state index in [1.54, 1.807) is 0 Å². The Morgan fingerprint density at radius 1 is 0.913 bits per heavy atom. The van der Waals surface area contributed by atoms with E-state index >= 15 is 0 Å². The number of benzene rings is 4. The lowest BCUT2D eigenvalue weighted by Crippen LogP contribution is -2.34. The van der Waals surface area contributed by atoms with Gasteiger partial charge in [-0.15, -0.1) is 9.24 Å². The van der Waals surface area contributed by atoms with E-state index < -0.39 is 5.82 Å². The molecule has 0 fully saturated rings. The molecule has 46 heavy (non-hydrogen) atoms. The molecule has 242 valence electrons. The standard InChI is InChI=1S/C26H23ClFNO.C9H14NP.C4H8O/c1-19(29-26(30)23-14-15-25(28)24(27)18-23)16-22-13-7-12-21(17-22)11-6-5-10-20-8-3-2-4-9-20;1-2-10-9(11)8-6-4-3-5-7-8;1-4(2)3-5/h2-4,7-9,12-15,17-19H,5,10,16H2,1H3,(H,29,30);3-7,9-10H,2,11H2,1H3;3-4H,1-2H3. The van der Waals surface area contributed by atoms with E-state index in [0.717, 1.165) is 36.8 Å². The number of aryl methyl sites for hydroxylation is 1. The first kappa shape index (κ1) is 38.4. The third kappa shape index (κ3) is 15.5. The van der Waals surface area contributed by atoms with Gasteiger partial charge in [0.25, 0.3) is 5.91 Å². The molecule has 4 nitrogen and oxygen atoms in total. The van der Waals surface area contributed by atoms with Crippen molar-refractivity contribution in [2.24, 2.45) is 5.92 Å². The molecule has 4 rings (SSSR count). The van der Waals surface area contributed by atoms with E-state index in [0.29, 0.717) is 17.8 Å². The summed E-state index contributed by atoms with van der Waals surface area (Å²) in [7, 11) is 2.78. The van der Waals surface area contributed by atoms with Crippen LogP contribution in [0.25, 0.3) is 0 Å². The molecule has 4 aromatic carbocycles. The van der Waals surface area contributed by atoms with Crippen LogP contribution in [0.1, 0.15) is 72.5 Å². The van der Waals surface area contributed by atoms with Crippen molar-refractivity contribution < 1.29 is 14.0 Å². The fourth-order valence-electron chi connectivity index (χ4n) is 4.14. The lowest BCUT2D eigenvalue weighted by molar-refractivity contribution is -0.110. The van der Waals surface area contributed by atoms with Crippen LogP contribution in [0, 0.1) is 23.6 Å². The molecule has 7 heteroatoms. The first-order valence-corrected chi connectivity index (χ1v) is 16.5. The van der Waals surface area contributed by atoms with Gasteiger partial charge in [0.15, 0.2) is 0 Å². The smallest absolute Gasteiger partial charge is 0.251 e. The van der Waals surface area contributed by atoms with Crippen molar-refractivity contribution in [3.63, 3.8) is 0 Å². The maximum atomic E-state index is 13.3. The minimum absolute atomic E-state index is 0.0613. The second kappa shape index (κ2) is 21.8. The molecule has 3 unspecified atom stereocenters. The van der Waals surface area contributed by atoms with Gasteiger partial charge in [-0.1, -0.05) is 117 Å². The molecule has 0 aliphatic rings. The van der Waals surface area contributed by atoms with Gasteiger partial charge in [0.2, 0.25) is 0 Å². The molecular formula is C39H45ClFN2O2P. The van der Waals surface area contributed by atoms with Crippen LogP contribution in [-0.4, -0.2) is 24.8 Å². The second-order valence-electron chi connectivity index (χ2n) is 11.0. The predicted octanol–water partition coefficient (Wildman–Crippen LogP) is 8.84. The van der Waals surface area contributed by atoms with Gasteiger partial charge in [-0.3, -0.25) is 4.79 Å². The fraction of sp³-hybridized carbons (Fsp3) is 0.282. The molecule has 0 spiro atoms. The molecule has 0 aliphatic carbocycles. The Balaban J connectivity index is 0.000000378. The number of nitrogens with one attached hydrogen (secondary N) is 2. The highest BCUT2D eigenvalue weighted by molar-refractivity contribution is 7.17. The molecule has 0 radical (unpaired) electrons. The first-order valence-electron chi connectivity index (χ1n) is 15.5. The Kier molecular flexibility index (Phi) is 18.2. The van der Waals surface area contributed by atoms with Crippen molar-refractivity contribution >= 4 is 33.0 Å². The summed E-state index contributed by atoms with van der Waals surface area (Å²) >= 11 is 5.76. The average Bonchev–Trinajstić information content (AvgIpc) is 3.06. The number of halogens is 2. The quantitative estimate of drug-likeness (QED) is 0.102. The first-order chi connectivity index (χ1) is 22.1. The van der Waals surface area contributed by atoms with Crippen molar-refractivity contribution in [2.45, 2.75) is 58.8 Å². The Bertz CT molecular complexity index is 1540. The van der Waals surface area contributed by atoms with E-state index in [1.807, 2.05) is 69.3 Å². The van der Waals surface area contributed by atoms with E-state index in [4.69, 9.17) is 11.6 Å². The maximum Gasteiger partial charge on any atom is 0.251 e. The zero-order valence-electron chi connectivity index (χ0n) is 27.1. The lowest BCUT2D eigenvalue weighted by atomic mass is 10.0. The third-order valence-electron chi connectivity index (χ3n) is 6.50. The zero-order chi connectivity index (χ0) is 33.7. The molecule has 0 saturated carbocycles. The van der Waals surface area contributed by atoms with E-state index in [-0.39, 0.29) is 22.9 Å². The normalized spacial score (nSPS) is 11.4. The summed E-state index contributed by atoms with van der Waals surface area (Å²) in [5.74, 6) is 6.23. The molecule has 0 aromatic heterocycles. The van der Waals surface area contributed by atoms with Crippen molar-refractivity contribution in [2.75, 3.05) is 6.54 Å². The number of aldehydes is 1. The van der Waals surface area contributed by atoms with Gasteiger partial charge in [-0.05, 0) is 73.3 Å². The van der Waals surface area contributed by atoms with Crippen LogP contribution in [-0.2, 0) is 17.6 Å². The van der Waals surface area contributed by atoms with Crippen LogP contribution in [0.3, 0.4) is 0 Å². The molecule has 3 atom stereocenters. The maximum absolute atomic E-state index is 13.3. The Labute approximate surface area is 281 Å². The number of amides is 1. The van der Waals surface area contributed by atoms with E-state index in [2.05, 4.69) is 75.0 Å². The highest BCUT2D eigenvalue weighted by Crippen LogP contribution is 2.18. The molecule has 0 bridgehead atoms. The number of hydrogen-bond acceptors (Lipinski definition) is 3. The Hall–Kier alpha value is -3.81. The lowest BCUT2D eigenvalue weighted by Gasteiger charge is -2.14. The summed E-state index contributed by atoms with van der Waals surface area (Å²) in [5.41, 5.74) is 5.00. The molecule has 4 aromatic rings. The van der Waals surface area contributed by atoms with Crippen LogP contribution in [0.2, 0.25) is 5.02 Å². The highest BCUT2D eigenvalue weighted by Gasteiger charge is 2.12. The van der Waals surface area contributed by atoms with Gasteiger partial charge < -0.3 is 15.4 Å². The molecular weight excluding hydrogens is 614 g/mol. The second-order valence-corrected chi connectivity index (χ2v) is 12.1.